The number of Topliss-reactive ketones (excluding diaryl/α,β-unsaturated/α-hetero) is 1. The Morgan fingerprint density at radius 3 is 2.53 bits per heavy atom. The van der Waals surface area contributed by atoms with Crippen LogP contribution in [0.1, 0.15) is 39.5 Å². The van der Waals surface area contributed by atoms with Gasteiger partial charge in [-0.1, -0.05) is 6.07 Å². The number of carbonyl (C=O) groups excluding carboxylic acids is 1. The molecule has 0 aliphatic carbocycles. The van der Waals surface area contributed by atoms with Gasteiger partial charge >= 0.3 is 0 Å². The van der Waals surface area contributed by atoms with Gasteiger partial charge in [0, 0.05) is 50.6 Å². The smallest absolute Gasteiger partial charge is 0.227 e. The summed E-state index contributed by atoms with van der Waals surface area (Å²) in [7, 11) is 4.94. The van der Waals surface area contributed by atoms with Crippen molar-refractivity contribution in [1.29, 1.82) is 0 Å². The molecule has 5 rings (SSSR count). The Balaban J connectivity index is 1.48. The van der Waals surface area contributed by atoms with Crippen molar-refractivity contribution in [3.63, 3.8) is 0 Å². The number of carbonyl (C=O) groups is 1. The van der Waals surface area contributed by atoms with Crippen molar-refractivity contribution in [3.05, 3.63) is 89.1 Å². The number of hydrogen-bond acceptors (Lipinski definition) is 7. The van der Waals surface area contributed by atoms with Crippen LogP contribution in [0.25, 0.3) is 10.9 Å². The molecule has 3 heterocycles. The van der Waals surface area contributed by atoms with E-state index in [0.29, 0.717) is 11.3 Å². The predicted octanol–water partition coefficient (Wildman–Crippen LogP) is 4.84. The van der Waals surface area contributed by atoms with E-state index in [4.69, 9.17) is 4.74 Å². The molecule has 0 fully saturated rings. The fourth-order valence-electron chi connectivity index (χ4n) is 4.41. The Kier molecular flexibility index (Phi) is 6.58. The number of nitrogens with zero attached hydrogens (tertiary/aromatic N) is 6. The second-order valence-electron chi connectivity index (χ2n) is 9.03. The van der Waals surface area contributed by atoms with Crippen LogP contribution >= 0.6 is 0 Å². The van der Waals surface area contributed by atoms with E-state index in [1.807, 2.05) is 6.92 Å². The third kappa shape index (κ3) is 4.95. The molecule has 0 aliphatic rings. The molecule has 38 heavy (non-hydrogen) atoms. The molecule has 0 unspecified atom stereocenters. The number of nitrogens with one attached hydrogen (secondary N) is 1. The summed E-state index contributed by atoms with van der Waals surface area (Å²) >= 11 is 0. The van der Waals surface area contributed by atoms with Gasteiger partial charge in [0.1, 0.15) is 5.82 Å². The van der Waals surface area contributed by atoms with Crippen LogP contribution < -0.4 is 10.1 Å². The molecule has 2 aromatic carbocycles. The van der Waals surface area contributed by atoms with Gasteiger partial charge in [0.2, 0.25) is 5.95 Å². The lowest BCUT2D eigenvalue weighted by atomic mass is 9.87. The number of halogens is 2. The van der Waals surface area contributed by atoms with Gasteiger partial charge in [-0.25, -0.2) is 18.7 Å². The van der Waals surface area contributed by atoms with Gasteiger partial charge in [-0.05, 0) is 42.3 Å². The van der Waals surface area contributed by atoms with Crippen LogP contribution in [0.5, 0.6) is 5.75 Å². The van der Waals surface area contributed by atoms with Crippen molar-refractivity contribution >= 4 is 28.3 Å². The number of hydrogen-bond donors (Lipinski definition) is 1. The molecule has 0 radical (unpaired) electrons. The summed E-state index contributed by atoms with van der Waals surface area (Å²) < 4.78 is 37.8. The molecule has 5 aromatic rings. The van der Waals surface area contributed by atoms with Gasteiger partial charge < -0.3 is 10.1 Å². The zero-order valence-electron chi connectivity index (χ0n) is 21.2. The lowest BCUT2D eigenvalue weighted by Gasteiger charge is -2.17. The fraction of sp³-hybridized carbons (Fsp3) is 0.222. The number of ketones is 1. The fourth-order valence-corrected chi connectivity index (χ4v) is 4.41. The molecule has 0 bridgehead atoms. The second-order valence-corrected chi connectivity index (χ2v) is 9.03. The van der Waals surface area contributed by atoms with E-state index in [0.717, 1.165) is 11.3 Å². The molecular formula is C27H25F2N7O2. The Bertz CT molecular complexity index is 1660. The number of aromatic nitrogens is 6. The number of benzene rings is 2. The van der Waals surface area contributed by atoms with E-state index in [9.17, 15) is 9.18 Å². The monoisotopic (exact) mass is 517 g/mol. The lowest BCUT2D eigenvalue weighted by Crippen LogP contribution is -2.10. The zero-order chi connectivity index (χ0) is 27.0. The molecule has 1 N–H and O–H groups in total. The van der Waals surface area contributed by atoms with Crippen LogP contribution in [-0.2, 0) is 14.1 Å². The number of fused-ring (bicyclic) bond motifs is 1. The van der Waals surface area contributed by atoms with Crippen molar-refractivity contribution in [1.82, 2.24) is 29.5 Å². The summed E-state index contributed by atoms with van der Waals surface area (Å²) in [5.41, 5.74) is 3.20. The first-order chi connectivity index (χ1) is 18.2. The van der Waals surface area contributed by atoms with Crippen LogP contribution in [0.2, 0.25) is 0 Å². The molecule has 9 nitrogen and oxygen atoms in total. The number of aryl methyl sites for hydroxylation is 3. The summed E-state index contributed by atoms with van der Waals surface area (Å²) in [6.45, 7) is 1.84. The molecule has 0 aliphatic heterocycles. The zero-order valence-corrected chi connectivity index (χ0v) is 21.2. The summed E-state index contributed by atoms with van der Waals surface area (Å²) in [6, 6.07) is 7.29. The maximum Gasteiger partial charge on any atom is 0.227 e. The number of anilines is 2. The predicted molar refractivity (Wildman–Crippen MR) is 138 cm³/mol. The highest BCUT2D eigenvalue weighted by Crippen LogP contribution is 2.32. The number of methoxy groups -OCH3 is 1. The third-order valence-corrected chi connectivity index (χ3v) is 6.33. The minimum atomic E-state index is -0.608. The van der Waals surface area contributed by atoms with Crippen molar-refractivity contribution in [3.8, 4) is 5.75 Å². The van der Waals surface area contributed by atoms with Gasteiger partial charge in [0.15, 0.2) is 17.3 Å². The van der Waals surface area contributed by atoms with Gasteiger partial charge in [-0.3, -0.25) is 14.2 Å². The Hall–Kier alpha value is -4.67. The SMILES string of the molecule is COc1ccc([C@H](CC(=O)c2cc(F)c3cnc(Nc4cn(C)nc4C)nc3c2)c2cnn(C)c2)cc1F. The van der Waals surface area contributed by atoms with E-state index < -0.39 is 17.6 Å². The second kappa shape index (κ2) is 10.0. The van der Waals surface area contributed by atoms with Crippen molar-refractivity contribution < 1.29 is 18.3 Å². The van der Waals surface area contributed by atoms with Gasteiger partial charge in [0.05, 0.1) is 35.6 Å². The van der Waals surface area contributed by atoms with Crippen LogP contribution in [0.3, 0.4) is 0 Å². The van der Waals surface area contributed by atoms with Crippen LogP contribution in [0.15, 0.2) is 55.1 Å². The number of rotatable bonds is 8. The maximum absolute atomic E-state index is 15.0. The van der Waals surface area contributed by atoms with E-state index in [2.05, 4.69) is 25.5 Å². The van der Waals surface area contributed by atoms with Crippen molar-refractivity contribution in [2.24, 2.45) is 14.1 Å². The summed E-state index contributed by atoms with van der Waals surface area (Å²) in [5.74, 6) is -1.63. The maximum atomic E-state index is 15.0. The highest BCUT2D eigenvalue weighted by molar-refractivity contribution is 6.00. The highest BCUT2D eigenvalue weighted by atomic mass is 19.1. The molecular weight excluding hydrogens is 492 g/mol. The third-order valence-electron chi connectivity index (χ3n) is 6.33. The lowest BCUT2D eigenvalue weighted by molar-refractivity contribution is 0.0977. The first kappa shape index (κ1) is 25.0. The van der Waals surface area contributed by atoms with Gasteiger partial charge in [0.25, 0.3) is 0 Å². The standard InChI is InChI=1S/C27H25F2N7O2/c1-15-24(14-36(3)34-15)33-27-30-12-20-21(28)8-17(9-23(20)32-27)25(37)10-19(18-11-31-35(2)13-18)16-5-6-26(38-4)22(29)7-16/h5-9,11-14,19H,10H2,1-4H3,(H,30,32,33)/t19-/m0/s1. The van der Waals surface area contributed by atoms with E-state index in [1.54, 1.807) is 54.2 Å². The van der Waals surface area contributed by atoms with Crippen LogP contribution in [0, 0.1) is 18.6 Å². The molecule has 0 saturated heterocycles. The molecule has 194 valence electrons. The molecule has 3 aromatic heterocycles. The minimum absolute atomic E-state index is 0.0342. The first-order valence-corrected chi connectivity index (χ1v) is 11.8. The summed E-state index contributed by atoms with van der Waals surface area (Å²) in [6.07, 6.45) is 6.52. The summed E-state index contributed by atoms with van der Waals surface area (Å²) in [4.78, 5) is 22.1. The topological polar surface area (TPSA) is 99.8 Å². The molecule has 0 saturated carbocycles. The summed E-state index contributed by atoms with van der Waals surface area (Å²) in [5, 5.41) is 11.7. The Labute approximate surface area is 217 Å². The first-order valence-electron chi connectivity index (χ1n) is 11.8. The highest BCUT2D eigenvalue weighted by Gasteiger charge is 2.23. The molecule has 0 amide bonds. The van der Waals surface area contributed by atoms with E-state index in [-0.39, 0.29) is 40.4 Å². The van der Waals surface area contributed by atoms with Gasteiger partial charge in [-0.2, -0.15) is 10.2 Å². The van der Waals surface area contributed by atoms with Crippen molar-refractivity contribution in [2.75, 3.05) is 12.4 Å². The minimum Gasteiger partial charge on any atom is -0.494 e. The molecule has 1 atom stereocenters. The Morgan fingerprint density at radius 1 is 1.05 bits per heavy atom. The van der Waals surface area contributed by atoms with E-state index >= 15 is 4.39 Å². The average molecular weight is 518 g/mol. The Morgan fingerprint density at radius 2 is 1.87 bits per heavy atom. The van der Waals surface area contributed by atoms with Crippen LogP contribution in [-0.4, -0.2) is 42.4 Å². The average Bonchev–Trinajstić information content (AvgIpc) is 3.45. The molecule has 0 spiro atoms. The van der Waals surface area contributed by atoms with Crippen LogP contribution in [0.4, 0.5) is 20.4 Å². The quantitative estimate of drug-likeness (QED) is 0.294. The number of ether oxygens (including phenoxy) is 1. The largest absolute Gasteiger partial charge is 0.494 e. The van der Waals surface area contributed by atoms with Gasteiger partial charge in [-0.15, -0.1) is 0 Å². The normalized spacial score (nSPS) is 12.1. The van der Waals surface area contributed by atoms with Crippen molar-refractivity contribution in [2.45, 2.75) is 19.3 Å². The molecule has 11 heteroatoms. The van der Waals surface area contributed by atoms with E-state index in [1.165, 1.54) is 31.5 Å².